The van der Waals surface area contributed by atoms with Gasteiger partial charge in [-0.25, -0.2) is 0 Å². The monoisotopic (exact) mass is 466 g/mol. The second kappa shape index (κ2) is 10.7. The molecule has 152 valence electrons. The van der Waals surface area contributed by atoms with Gasteiger partial charge in [-0.2, -0.15) is 0 Å². The third-order valence-electron chi connectivity index (χ3n) is 4.91. The molecule has 2 aromatic carbocycles. The van der Waals surface area contributed by atoms with Crippen LogP contribution in [0.25, 0.3) is 11.0 Å². The predicted molar refractivity (Wildman–Crippen MR) is 121 cm³/mol. The Balaban J connectivity index is 0.00000280. The fraction of sp³-hybridized carbons (Fsp3) is 0.381. The summed E-state index contributed by atoms with van der Waals surface area (Å²) in [5.74, 6) is 0.789. The van der Waals surface area contributed by atoms with Crippen molar-refractivity contribution in [2.75, 3.05) is 26.2 Å². The van der Waals surface area contributed by atoms with E-state index in [9.17, 15) is 0 Å². The number of hydrogen-bond acceptors (Lipinski definition) is 3. The summed E-state index contributed by atoms with van der Waals surface area (Å²) in [7, 11) is 0. The molecule has 1 aromatic heterocycles. The second-order valence-electron chi connectivity index (χ2n) is 6.44. The molecule has 0 unspecified atom stereocenters. The smallest absolute Gasteiger partial charge is 0.203 e. The van der Waals surface area contributed by atoms with Crippen LogP contribution in [0.2, 0.25) is 5.02 Å². The van der Waals surface area contributed by atoms with Crippen LogP contribution in [-0.4, -0.2) is 40.3 Å². The van der Waals surface area contributed by atoms with Gasteiger partial charge in [-0.1, -0.05) is 37.6 Å². The fourth-order valence-electron chi connectivity index (χ4n) is 3.31. The molecule has 0 aliphatic heterocycles. The molecule has 0 saturated heterocycles. The molecule has 7 heteroatoms. The van der Waals surface area contributed by atoms with Crippen molar-refractivity contribution in [3.05, 3.63) is 59.2 Å². The van der Waals surface area contributed by atoms with Gasteiger partial charge in [-0.3, -0.25) is 5.41 Å². The minimum atomic E-state index is 0. The van der Waals surface area contributed by atoms with Crippen LogP contribution in [0.5, 0.6) is 5.75 Å². The van der Waals surface area contributed by atoms with Crippen LogP contribution in [-0.2, 0) is 13.1 Å². The number of hydrogen-bond donors (Lipinski definition) is 1. The molecule has 1 heterocycles. The molecule has 0 radical (unpaired) electrons. The van der Waals surface area contributed by atoms with Crippen molar-refractivity contribution in [1.29, 1.82) is 5.41 Å². The number of fused-ring (bicyclic) bond motifs is 1. The van der Waals surface area contributed by atoms with Gasteiger partial charge in [-0.15, -0.1) is 17.0 Å². The summed E-state index contributed by atoms with van der Waals surface area (Å²) in [6, 6.07) is 15.6. The number of benzene rings is 2. The molecule has 0 atom stereocenters. The van der Waals surface area contributed by atoms with Crippen LogP contribution in [0.15, 0.2) is 48.5 Å². The van der Waals surface area contributed by atoms with Gasteiger partial charge in [-0.05, 0) is 49.5 Å². The van der Waals surface area contributed by atoms with Crippen LogP contribution in [0.3, 0.4) is 0 Å². The normalized spacial score (nSPS) is 11.0. The summed E-state index contributed by atoms with van der Waals surface area (Å²) in [5.41, 5.74) is 2.69. The van der Waals surface area contributed by atoms with Gasteiger partial charge in [0.05, 0.1) is 17.6 Å². The Labute approximate surface area is 181 Å². The molecular formula is C21H28BrClN4O. The lowest BCUT2D eigenvalue weighted by molar-refractivity contribution is 0.284. The number of ether oxygens (including phenoxy) is 1. The lowest BCUT2D eigenvalue weighted by Crippen LogP contribution is -2.32. The van der Waals surface area contributed by atoms with Crippen LogP contribution in [0.1, 0.15) is 13.8 Å². The molecule has 0 saturated carbocycles. The van der Waals surface area contributed by atoms with Gasteiger partial charge < -0.3 is 18.8 Å². The maximum atomic E-state index is 8.68. The number of likely N-dealkylation sites (N-methyl/N-ethyl adjacent to an activating group) is 1. The summed E-state index contributed by atoms with van der Waals surface area (Å²) in [6.45, 7) is 9.28. The summed E-state index contributed by atoms with van der Waals surface area (Å²) in [4.78, 5) is 2.38. The van der Waals surface area contributed by atoms with E-state index in [0.29, 0.717) is 23.8 Å². The molecular weight excluding hydrogens is 440 g/mol. The van der Waals surface area contributed by atoms with Crippen LogP contribution >= 0.6 is 28.6 Å². The molecule has 0 aliphatic rings. The third-order valence-corrected chi connectivity index (χ3v) is 5.16. The van der Waals surface area contributed by atoms with Crippen LogP contribution in [0.4, 0.5) is 0 Å². The number of para-hydroxylation sites is 2. The maximum Gasteiger partial charge on any atom is 0.203 e. The molecule has 1 N–H and O–H groups in total. The fourth-order valence-corrected chi connectivity index (χ4v) is 3.44. The topological polar surface area (TPSA) is 46.2 Å². The van der Waals surface area contributed by atoms with Gasteiger partial charge in [0.2, 0.25) is 5.62 Å². The number of imidazole rings is 1. The number of nitrogens with one attached hydrogen (secondary N) is 1. The Hall–Kier alpha value is -1.76. The van der Waals surface area contributed by atoms with E-state index < -0.39 is 0 Å². The van der Waals surface area contributed by atoms with Crippen LogP contribution in [0, 0.1) is 5.41 Å². The zero-order valence-corrected chi connectivity index (χ0v) is 18.9. The van der Waals surface area contributed by atoms with Crippen LogP contribution < -0.4 is 10.4 Å². The summed E-state index contributed by atoms with van der Waals surface area (Å²) in [5, 5.41) is 9.37. The SMILES string of the molecule is Br.CCN(CC)CCn1c(=N)n(CCOc2ccc(Cl)cc2)c2ccccc21. The van der Waals surface area contributed by atoms with Gasteiger partial charge in [0, 0.05) is 18.1 Å². The minimum absolute atomic E-state index is 0. The van der Waals surface area contributed by atoms with Crippen molar-refractivity contribution in [3.8, 4) is 5.75 Å². The number of halogens is 2. The zero-order valence-electron chi connectivity index (χ0n) is 16.4. The lowest BCUT2D eigenvalue weighted by atomic mass is 10.3. The van der Waals surface area contributed by atoms with Gasteiger partial charge >= 0.3 is 0 Å². The number of aromatic nitrogens is 2. The lowest BCUT2D eigenvalue weighted by Gasteiger charge is -2.18. The van der Waals surface area contributed by atoms with Crippen molar-refractivity contribution in [2.45, 2.75) is 26.9 Å². The van der Waals surface area contributed by atoms with Crippen molar-refractivity contribution >= 4 is 39.6 Å². The van der Waals surface area contributed by atoms with Crippen molar-refractivity contribution < 1.29 is 4.74 Å². The minimum Gasteiger partial charge on any atom is -0.492 e. The van der Waals surface area contributed by atoms with E-state index in [1.165, 1.54) is 0 Å². The highest BCUT2D eigenvalue weighted by atomic mass is 79.9. The third kappa shape index (κ3) is 5.19. The first-order valence-corrected chi connectivity index (χ1v) is 9.85. The quantitative estimate of drug-likeness (QED) is 0.501. The van der Waals surface area contributed by atoms with E-state index in [0.717, 1.165) is 43.0 Å². The summed E-state index contributed by atoms with van der Waals surface area (Å²) < 4.78 is 9.95. The second-order valence-corrected chi connectivity index (χ2v) is 6.88. The molecule has 0 fully saturated rings. The van der Waals surface area contributed by atoms with Gasteiger partial charge in [0.15, 0.2) is 0 Å². The van der Waals surface area contributed by atoms with Crippen molar-refractivity contribution in [2.24, 2.45) is 0 Å². The summed E-state index contributed by atoms with van der Waals surface area (Å²) in [6.07, 6.45) is 0. The zero-order chi connectivity index (χ0) is 19.2. The highest BCUT2D eigenvalue weighted by Gasteiger charge is 2.11. The standard InChI is InChI=1S/C21H27ClN4O.BrH/c1-3-24(4-2)13-14-25-19-7-5-6-8-20(19)26(21(25)23)15-16-27-18-11-9-17(22)10-12-18;/h5-12,23H,3-4,13-16H2,1-2H3;1H. The van der Waals surface area contributed by atoms with Crippen molar-refractivity contribution in [1.82, 2.24) is 14.0 Å². The largest absolute Gasteiger partial charge is 0.492 e. The molecule has 28 heavy (non-hydrogen) atoms. The van der Waals surface area contributed by atoms with Gasteiger partial charge in [0.25, 0.3) is 0 Å². The Bertz CT molecular complexity index is 932. The molecule has 0 amide bonds. The molecule has 5 nitrogen and oxygen atoms in total. The Morgan fingerprint density at radius 3 is 2.07 bits per heavy atom. The van der Waals surface area contributed by atoms with E-state index in [2.05, 4.69) is 35.4 Å². The first kappa shape index (κ1) is 22.5. The van der Waals surface area contributed by atoms with E-state index in [-0.39, 0.29) is 17.0 Å². The Morgan fingerprint density at radius 2 is 1.50 bits per heavy atom. The highest BCUT2D eigenvalue weighted by Crippen LogP contribution is 2.16. The highest BCUT2D eigenvalue weighted by molar-refractivity contribution is 8.93. The Morgan fingerprint density at radius 1 is 0.929 bits per heavy atom. The summed E-state index contributed by atoms with van der Waals surface area (Å²) >= 11 is 5.91. The van der Waals surface area contributed by atoms with E-state index in [1.807, 2.05) is 41.0 Å². The molecule has 0 aliphatic carbocycles. The number of nitrogens with zero attached hydrogens (tertiary/aromatic N) is 3. The van der Waals surface area contributed by atoms with Crippen molar-refractivity contribution in [3.63, 3.8) is 0 Å². The van der Waals surface area contributed by atoms with E-state index >= 15 is 0 Å². The molecule has 3 aromatic rings. The van der Waals surface area contributed by atoms with E-state index in [4.69, 9.17) is 21.7 Å². The molecule has 0 spiro atoms. The Kier molecular flexibility index (Phi) is 8.60. The maximum absolute atomic E-state index is 8.68. The first-order valence-electron chi connectivity index (χ1n) is 9.47. The molecule has 0 bridgehead atoms. The number of rotatable bonds is 9. The van der Waals surface area contributed by atoms with Gasteiger partial charge in [0.1, 0.15) is 12.4 Å². The predicted octanol–water partition coefficient (Wildman–Crippen LogP) is 4.57. The average molecular weight is 468 g/mol. The first-order chi connectivity index (χ1) is 13.1. The van der Waals surface area contributed by atoms with E-state index in [1.54, 1.807) is 0 Å². The average Bonchev–Trinajstić information content (AvgIpc) is 2.96. The molecule has 3 rings (SSSR count).